The van der Waals surface area contributed by atoms with E-state index in [-0.39, 0.29) is 25.0 Å². The molecule has 0 spiro atoms. The second-order valence-electron chi connectivity index (χ2n) is 0.492. The third-order valence-corrected chi connectivity index (χ3v) is 0. The van der Waals surface area contributed by atoms with E-state index in [9.17, 15) is 0 Å². The molecular weight excluding hydrogens is 137 g/mol. The van der Waals surface area contributed by atoms with Crippen molar-refractivity contribution in [3.8, 4) is 0 Å². The summed E-state index contributed by atoms with van der Waals surface area (Å²) in [4.78, 5) is 8.89. The molecule has 0 aliphatic carbocycles. The molecule has 0 radical (unpaired) electrons. The molecule has 0 aliphatic heterocycles. The van der Waals surface area contributed by atoms with Crippen molar-refractivity contribution < 1.29 is 34.9 Å². The van der Waals surface area contributed by atoms with Gasteiger partial charge in [-0.05, 0) is 6.92 Å². The number of hydrogen-bond donors (Lipinski definition) is 0. The Bertz CT molecular complexity index is 31.8. The molecular formula is C2H5O3Zn-. The van der Waals surface area contributed by atoms with E-state index < -0.39 is 5.97 Å². The van der Waals surface area contributed by atoms with E-state index in [4.69, 9.17) is 9.90 Å². The average molecular weight is 142 g/mol. The minimum atomic E-state index is -1.08. The number of carboxylic acids is 1. The Kier molecular flexibility index (Phi) is 24.6. The van der Waals surface area contributed by atoms with E-state index >= 15 is 0 Å². The van der Waals surface area contributed by atoms with E-state index in [1.54, 1.807) is 0 Å². The summed E-state index contributed by atoms with van der Waals surface area (Å²) in [5.41, 5.74) is 0. The molecule has 0 amide bonds. The largest absolute Gasteiger partial charge is 0.550 e. The Morgan fingerprint density at radius 3 is 1.67 bits per heavy atom. The van der Waals surface area contributed by atoms with Crippen molar-refractivity contribution in [1.29, 1.82) is 0 Å². The number of hydrogen-bond acceptors (Lipinski definition) is 2. The number of carboxylic acid groups (broad SMARTS) is 1. The maximum absolute atomic E-state index is 8.89. The van der Waals surface area contributed by atoms with Crippen molar-refractivity contribution in [2.24, 2.45) is 0 Å². The monoisotopic (exact) mass is 141 g/mol. The zero-order chi connectivity index (χ0) is 3.58. The Morgan fingerprint density at radius 1 is 1.67 bits per heavy atom. The molecule has 0 aromatic carbocycles. The Morgan fingerprint density at radius 2 is 1.67 bits per heavy atom. The third-order valence-electron chi connectivity index (χ3n) is 0. The van der Waals surface area contributed by atoms with E-state index in [1.165, 1.54) is 0 Å². The van der Waals surface area contributed by atoms with Gasteiger partial charge < -0.3 is 15.4 Å². The van der Waals surface area contributed by atoms with Gasteiger partial charge in [-0.2, -0.15) is 0 Å². The first-order chi connectivity index (χ1) is 1.73. The smallest absolute Gasteiger partial charge is 0.0383 e. The topological polar surface area (TPSA) is 71.6 Å². The summed E-state index contributed by atoms with van der Waals surface area (Å²) >= 11 is 0. The molecule has 0 saturated carbocycles. The number of carbonyl (C=O) groups excluding carboxylic acids is 1. The van der Waals surface area contributed by atoms with Crippen LogP contribution in [0.4, 0.5) is 0 Å². The van der Waals surface area contributed by atoms with Crippen molar-refractivity contribution in [1.82, 2.24) is 0 Å². The van der Waals surface area contributed by atoms with Gasteiger partial charge in [0.1, 0.15) is 0 Å². The molecule has 0 fully saturated rings. The molecule has 0 heterocycles. The molecule has 0 unspecified atom stereocenters. The molecule has 6 heavy (non-hydrogen) atoms. The standard InChI is InChI=1S/C2H4O2.H2O.Zn/c1-2(3)4;;/h1H3,(H,3,4);1H2;/p-1. The summed E-state index contributed by atoms with van der Waals surface area (Å²) in [6.45, 7) is 0.972. The molecule has 34 valence electrons. The first-order valence-electron chi connectivity index (χ1n) is 0.908. The normalized spacial score (nSPS) is 4.17. The Hall–Kier alpha value is 0.0534. The molecule has 4 heteroatoms. The minimum Gasteiger partial charge on any atom is -0.550 e. The van der Waals surface area contributed by atoms with Gasteiger partial charge in [0.15, 0.2) is 0 Å². The second kappa shape index (κ2) is 8.91. The van der Waals surface area contributed by atoms with Crippen molar-refractivity contribution in [2.75, 3.05) is 0 Å². The SMILES string of the molecule is CC(=O)[O-].O.[Zn]. The summed E-state index contributed by atoms with van der Waals surface area (Å²) in [6, 6.07) is 0. The maximum atomic E-state index is 8.89. The Labute approximate surface area is 48.4 Å². The molecule has 0 aromatic heterocycles. The van der Waals surface area contributed by atoms with E-state index in [0.29, 0.717) is 0 Å². The van der Waals surface area contributed by atoms with Crippen molar-refractivity contribution in [3.63, 3.8) is 0 Å². The zero-order valence-corrected chi connectivity index (χ0v) is 6.49. The molecule has 0 aliphatic rings. The van der Waals surface area contributed by atoms with Gasteiger partial charge in [-0.25, -0.2) is 0 Å². The van der Waals surface area contributed by atoms with Crippen LogP contribution in [0.15, 0.2) is 0 Å². The molecule has 3 nitrogen and oxygen atoms in total. The minimum absolute atomic E-state index is 0. The van der Waals surface area contributed by atoms with Gasteiger partial charge in [0.05, 0.1) is 0 Å². The van der Waals surface area contributed by atoms with Crippen molar-refractivity contribution in [3.05, 3.63) is 0 Å². The van der Waals surface area contributed by atoms with Gasteiger partial charge in [-0.3, -0.25) is 0 Å². The van der Waals surface area contributed by atoms with Crippen LogP contribution in [0.25, 0.3) is 0 Å². The predicted octanol–water partition coefficient (Wildman–Crippen LogP) is -2.07. The summed E-state index contributed by atoms with van der Waals surface area (Å²) < 4.78 is 0. The van der Waals surface area contributed by atoms with E-state index in [1.807, 2.05) is 0 Å². The fourth-order valence-corrected chi connectivity index (χ4v) is 0. The molecule has 0 bridgehead atoms. The molecule has 0 saturated heterocycles. The van der Waals surface area contributed by atoms with Gasteiger partial charge in [-0.15, -0.1) is 0 Å². The maximum Gasteiger partial charge on any atom is 0.0383 e. The summed E-state index contributed by atoms with van der Waals surface area (Å²) in [6.07, 6.45) is 0. The van der Waals surface area contributed by atoms with Gasteiger partial charge in [0, 0.05) is 25.4 Å². The van der Waals surface area contributed by atoms with Crippen molar-refractivity contribution in [2.45, 2.75) is 6.92 Å². The first kappa shape index (κ1) is 16.6. The van der Waals surface area contributed by atoms with E-state index in [2.05, 4.69) is 0 Å². The van der Waals surface area contributed by atoms with Crippen LogP contribution in [0.5, 0.6) is 0 Å². The van der Waals surface area contributed by atoms with Crippen LogP contribution in [0.1, 0.15) is 6.92 Å². The van der Waals surface area contributed by atoms with E-state index in [0.717, 1.165) is 6.92 Å². The molecule has 0 rings (SSSR count). The van der Waals surface area contributed by atoms with Gasteiger partial charge in [0.25, 0.3) is 0 Å². The zero-order valence-electron chi connectivity index (χ0n) is 3.52. The third kappa shape index (κ3) is 13300. The first-order valence-corrected chi connectivity index (χ1v) is 0.908. The van der Waals surface area contributed by atoms with Gasteiger partial charge in [-0.1, -0.05) is 0 Å². The summed E-state index contributed by atoms with van der Waals surface area (Å²) in [5.74, 6) is -1.08. The number of rotatable bonds is 0. The van der Waals surface area contributed by atoms with Crippen LogP contribution in [0, 0.1) is 0 Å². The van der Waals surface area contributed by atoms with Crippen LogP contribution in [-0.4, -0.2) is 11.4 Å². The average Bonchev–Trinajstić information content (AvgIpc) is 0.811. The predicted molar refractivity (Wildman–Crippen MR) is 14.3 cm³/mol. The van der Waals surface area contributed by atoms with Crippen LogP contribution < -0.4 is 5.11 Å². The molecule has 0 atom stereocenters. The summed E-state index contributed by atoms with van der Waals surface area (Å²) in [5, 5.41) is 8.89. The fraction of sp³-hybridized carbons (Fsp3) is 0.500. The summed E-state index contributed by atoms with van der Waals surface area (Å²) in [7, 11) is 0. The fourth-order valence-electron chi connectivity index (χ4n) is 0. The van der Waals surface area contributed by atoms with Crippen LogP contribution in [-0.2, 0) is 24.3 Å². The number of aliphatic carboxylic acids is 1. The molecule has 0 aromatic rings. The van der Waals surface area contributed by atoms with Crippen LogP contribution in [0.2, 0.25) is 0 Å². The van der Waals surface area contributed by atoms with Crippen LogP contribution >= 0.6 is 0 Å². The number of carbonyl (C=O) groups is 1. The van der Waals surface area contributed by atoms with Crippen molar-refractivity contribution >= 4 is 5.97 Å². The second-order valence-corrected chi connectivity index (χ2v) is 0.492. The quantitative estimate of drug-likeness (QED) is 0.365. The van der Waals surface area contributed by atoms with Gasteiger partial charge >= 0.3 is 0 Å². The van der Waals surface area contributed by atoms with Gasteiger partial charge in [0.2, 0.25) is 0 Å². The molecule has 2 N–H and O–H groups in total. The Balaban J connectivity index is -0.0000000450. The van der Waals surface area contributed by atoms with Crippen LogP contribution in [0.3, 0.4) is 0 Å².